The van der Waals surface area contributed by atoms with Gasteiger partial charge in [0.15, 0.2) is 0 Å². The van der Waals surface area contributed by atoms with Crippen molar-refractivity contribution in [3.8, 4) is 0 Å². The molecule has 0 radical (unpaired) electrons. The molecule has 1 nitrogen and oxygen atoms in total. The van der Waals surface area contributed by atoms with Crippen LogP contribution in [0.2, 0.25) is 0 Å². The van der Waals surface area contributed by atoms with E-state index in [1.807, 2.05) is 25.0 Å². The van der Waals surface area contributed by atoms with E-state index in [4.69, 9.17) is 0 Å². The predicted molar refractivity (Wildman–Crippen MR) is 126 cm³/mol. The summed E-state index contributed by atoms with van der Waals surface area (Å²) in [5.41, 5.74) is 6.11. The fraction of sp³-hybridized carbons (Fsp3) is 0.857. The molecule has 1 fully saturated rings. The molecule has 0 saturated heterocycles. The summed E-state index contributed by atoms with van der Waals surface area (Å²) in [5.74, 6) is 2.68. The second-order valence-corrected chi connectivity index (χ2v) is 11.1. The van der Waals surface area contributed by atoms with E-state index in [0.29, 0.717) is 5.41 Å². The van der Waals surface area contributed by atoms with Crippen LogP contribution in [0.15, 0.2) is 22.8 Å². The molecular weight excluding hydrogens is 352 g/mol. The molecule has 0 aromatic rings. The normalized spacial score (nSPS) is 38.6. The zero-order chi connectivity index (χ0) is 21.2. The summed E-state index contributed by atoms with van der Waals surface area (Å²) in [5, 5.41) is 10.1. The van der Waals surface area contributed by atoms with E-state index in [2.05, 4.69) is 33.8 Å². The summed E-state index contributed by atoms with van der Waals surface area (Å²) in [6, 6.07) is 0. The van der Waals surface area contributed by atoms with Crippen molar-refractivity contribution in [1.82, 2.24) is 0 Å². The van der Waals surface area contributed by atoms with Crippen molar-refractivity contribution in [2.24, 2.45) is 28.6 Å². The fourth-order valence-corrected chi connectivity index (χ4v) is 7.47. The van der Waals surface area contributed by atoms with Crippen LogP contribution in [0.4, 0.5) is 0 Å². The second-order valence-electron chi connectivity index (χ2n) is 11.1. The highest BCUT2D eigenvalue weighted by molar-refractivity contribution is 5.42. The first-order valence-electron chi connectivity index (χ1n) is 13.0. The molecule has 0 heterocycles. The van der Waals surface area contributed by atoms with Gasteiger partial charge in [0.2, 0.25) is 0 Å². The van der Waals surface area contributed by atoms with Gasteiger partial charge in [-0.25, -0.2) is 0 Å². The average molecular weight is 401 g/mol. The molecule has 4 aliphatic carbocycles. The van der Waals surface area contributed by atoms with Crippen molar-refractivity contribution in [2.45, 2.75) is 125 Å². The van der Waals surface area contributed by atoms with Crippen LogP contribution >= 0.6 is 0 Å². The number of aliphatic hydroxyl groups excluding tert-OH is 1. The molecule has 1 N–H and O–H groups in total. The number of fused-ring (bicyclic) bond motifs is 4. The summed E-state index contributed by atoms with van der Waals surface area (Å²) in [7, 11) is 0. The molecule has 5 atom stereocenters. The van der Waals surface area contributed by atoms with E-state index in [0.717, 1.165) is 24.2 Å². The molecule has 1 heteroatoms. The SMILES string of the molecule is CC.CC(C)CCCCC1CCC2C3=C(CCC12C)C1(C)CCC(O)C=C1CC3. The zero-order valence-electron chi connectivity index (χ0n) is 20.3. The molecule has 166 valence electrons. The van der Waals surface area contributed by atoms with Crippen molar-refractivity contribution < 1.29 is 5.11 Å². The first-order valence-corrected chi connectivity index (χ1v) is 13.0. The lowest BCUT2D eigenvalue weighted by molar-refractivity contribution is 0.119. The number of hydrogen-bond donors (Lipinski definition) is 1. The van der Waals surface area contributed by atoms with Crippen LogP contribution in [0, 0.1) is 28.6 Å². The van der Waals surface area contributed by atoms with Gasteiger partial charge in [0.25, 0.3) is 0 Å². The predicted octanol–water partition coefficient (Wildman–Crippen LogP) is 8.23. The first kappa shape index (κ1) is 23.1. The van der Waals surface area contributed by atoms with E-state index >= 15 is 0 Å². The highest BCUT2D eigenvalue weighted by Crippen LogP contribution is 2.64. The van der Waals surface area contributed by atoms with Crippen molar-refractivity contribution in [1.29, 1.82) is 0 Å². The molecule has 5 unspecified atom stereocenters. The van der Waals surface area contributed by atoms with Gasteiger partial charge in [0.05, 0.1) is 6.10 Å². The van der Waals surface area contributed by atoms with Gasteiger partial charge in [-0.3, -0.25) is 0 Å². The Morgan fingerprint density at radius 2 is 1.76 bits per heavy atom. The number of hydrogen-bond acceptors (Lipinski definition) is 1. The van der Waals surface area contributed by atoms with Crippen molar-refractivity contribution in [3.05, 3.63) is 22.8 Å². The maximum Gasteiger partial charge on any atom is 0.0724 e. The van der Waals surface area contributed by atoms with Gasteiger partial charge in [-0.1, -0.05) is 83.6 Å². The Morgan fingerprint density at radius 3 is 2.48 bits per heavy atom. The third-order valence-electron chi connectivity index (χ3n) is 9.21. The molecule has 1 saturated carbocycles. The molecule has 0 bridgehead atoms. The van der Waals surface area contributed by atoms with E-state index in [1.54, 1.807) is 5.57 Å². The van der Waals surface area contributed by atoms with Gasteiger partial charge in [0, 0.05) is 5.41 Å². The van der Waals surface area contributed by atoms with Gasteiger partial charge in [-0.05, 0) is 81.0 Å². The van der Waals surface area contributed by atoms with Gasteiger partial charge >= 0.3 is 0 Å². The summed E-state index contributed by atoms with van der Waals surface area (Å²) in [6.07, 6.45) is 18.0. The lowest BCUT2D eigenvalue weighted by Crippen LogP contribution is -2.40. The van der Waals surface area contributed by atoms with Crippen molar-refractivity contribution in [2.75, 3.05) is 0 Å². The number of unbranched alkanes of at least 4 members (excludes halogenated alkanes) is 1. The number of rotatable bonds is 5. The monoisotopic (exact) mass is 400 g/mol. The van der Waals surface area contributed by atoms with Crippen LogP contribution in [-0.2, 0) is 0 Å². The standard InChI is InChI=1S/C26H42O.C2H6/c1-18(2)7-5-6-8-19-10-12-23-22-11-9-20-17-21(27)13-15-26(20,4)24(22)14-16-25(19,23)3;1-2/h17-19,21,23,27H,5-16H2,1-4H3;1-2H3. The highest BCUT2D eigenvalue weighted by Gasteiger charge is 2.53. The molecule has 4 rings (SSSR count). The summed E-state index contributed by atoms with van der Waals surface area (Å²) in [4.78, 5) is 0. The topological polar surface area (TPSA) is 20.2 Å². The Bertz CT molecular complexity index is 626. The van der Waals surface area contributed by atoms with Crippen molar-refractivity contribution >= 4 is 0 Å². The molecule has 0 amide bonds. The van der Waals surface area contributed by atoms with Crippen LogP contribution in [0.3, 0.4) is 0 Å². The number of aliphatic hydroxyl groups is 1. The Morgan fingerprint density at radius 1 is 1.00 bits per heavy atom. The van der Waals surface area contributed by atoms with E-state index in [1.165, 1.54) is 70.6 Å². The third kappa shape index (κ3) is 4.28. The van der Waals surface area contributed by atoms with Crippen LogP contribution in [0.25, 0.3) is 0 Å². The number of allylic oxidation sites excluding steroid dienone is 3. The highest BCUT2D eigenvalue weighted by atomic mass is 16.3. The Labute approximate surface area is 181 Å². The molecule has 0 aliphatic heterocycles. The average Bonchev–Trinajstić information content (AvgIpc) is 3.03. The third-order valence-corrected chi connectivity index (χ3v) is 9.21. The Balaban J connectivity index is 0.00000117. The van der Waals surface area contributed by atoms with Gasteiger partial charge in [-0.2, -0.15) is 0 Å². The van der Waals surface area contributed by atoms with Gasteiger partial charge in [0.1, 0.15) is 0 Å². The minimum atomic E-state index is -0.189. The maximum absolute atomic E-state index is 10.1. The Kier molecular flexibility index (Phi) is 7.40. The molecule has 0 aromatic heterocycles. The Hall–Kier alpha value is -0.560. The second kappa shape index (κ2) is 9.29. The smallest absolute Gasteiger partial charge is 0.0724 e. The fourth-order valence-electron chi connectivity index (χ4n) is 7.47. The lowest BCUT2D eigenvalue weighted by atomic mass is 9.53. The van der Waals surface area contributed by atoms with Crippen LogP contribution in [-0.4, -0.2) is 11.2 Å². The van der Waals surface area contributed by atoms with E-state index in [-0.39, 0.29) is 11.5 Å². The lowest BCUT2D eigenvalue weighted by Gasteiger charge is -2.52. The van der Waals surface area contributed by atoms with E-state index in [9.17, 15) is 5.11 Å². The summed E-state index contributed by atoms with van der Waals surface area (Å²) >= 11 is 0. The first-order chi connectivity index (χ1) is 13.8. The van der Waals surface area contributed by atoms with E-state index < -0.39 is 0 Å². The molecule has 4 aliphatic rings. The minimum Gasteiger partial charge on any atom is -0.389 e. The van der Waals surface area contributed by atoms with Crippen LogP contribution in [0.5, 0.6) is 0 Å². The maximum atomic E-state index is 10.1. The van der Waals surface area contributed by atoms with Crippen LogP contribution in [0.1, 0.15) is 119 Å². The zero-order valence-corrected chi connectivity index (χ0v) is 20.3. The largest absolute Gasteiger partial charge is 0.389 e. The molecule has 0 aromatic carbocycles. The molecular formula is C28H48O. The molecule has 0 spiro atoms. The van der Waals surface area contributed by atoms with Crippen LogP contribution < -0.4 is 0 Å². The summed E-state index contributed by atoms with van der Waals surface area (Å²) in [6.45, 7) is 13.9. The van der Waals surface area contributed by atoms with Gasteiger partial charge < -0.3 is 5.11 Å². The van der Waals surface area contributed by atoms with Crippen molar-refractivity contribution in [3.63, 3.8) is 0 Å². The quantitative estimate of drug-likeness (QED) is 0.364. The molecule has 29 heavy (non-hydrogen) atoms. The van der Waals surface area contributed by atoms with Gasteiger partial charge in [-0.15, -0.1) is 0 Å². The minimum absolute atomic E-state index is 0.189. The summed E-state index contributed by atoms with van der Waals surface area (Å²) < 4.78 is 0.